The smallest absolute Gasteiger partial charge is 0.416 e. The Kier molecular flexibility index (Phi) is 10.1. The van der Waals surface area contributed by atoms with E-state index in [-0.39, 0.29) is 42.9 Å². The number of aromatic amines is 1. The van der Waals surface area contributed by atoms with Crippen molar-refractivity contribution in [2.45, 2.75) is 31.3 Å². The van der Waals surface area contributed by atoms with E-state index in [4.69, 9.17) is 4.74 Å². The molecule has 47 heavy (non-hydrogen) atoms. The summed E-state index contributed by atoms with van der Waals surface area (Å²) < 4.78 is 48.0. The minimum Gasteiger partial charge on any atom is -0.506 e. The molecule has 2 atom stereocenters. The zero-order valence-corrected chi connectivity index (χ0v) is 24.9. The van der Waals surface area contributed by atoms with E-state index in [1.807, 2.05) is 6.07 Å². The molecule has 0 aliphatic carbocycles. The number of aromatic nitrogens is 1. The molecular weight excluding hydrogens is 615 g/mol. The van der Waals surface area contributed by atoms with Crippen molar-refractivity contribution in [3.8, 4) is 11.5 Å². The highest BCUT2D eigenvalue weighted by atomic mass is 19.4. The topological polar surface area (TPSA) is 144 Å². The van der Waals surface area contributed by atoms with Crippen LogP contribution in [0.2, 0.25) is 0 Å². The number of pyridine rings is 1. The minimum absolute atomic E-state index is 0.0262. The van der Waals surface area contributed by atoms with Crippen molar-refractivity contribution in [1.29, 1.82) is 0 Å². The average Bonchev–Trinajstić information content (AvgIpc) is 3.05. The van der Waals surface area contributed by atoms with Crippen LogP contribution in [0, 0.1) is 0 Å². The van der Waals surface area contributed by atoms with Crippen LogP contribution in [-0.2, 0) is 19.2 Å². The van der Waals surface area contributed by atoms with Crippen molar-refractivity contribution in [1.82, 2.24) is 15.6 Å². The van der Waals surface area contributed by atoms with Crippen LogP contribution in [0.4, 0.5) is 18.0 Å². The first-order chi connectivity index (χ1) is 22.5. The fourth-order valence-electron chi connectivity index (χ4n) is 5.40. The van der Waals surface area contributed by atoms with E-state index in [2.05, 4.69) is 15.6 Å². The Balaban J connectivity index is 1.23. The maximum absolute atomic E-state index is 14.1. The van der Waals surface area contributed by atoms with Gasteiger partial charge in [0, 0.05) is 18.0 Å². The summed E-state index contributed by atoms with van der Waals surface area (Å²) in [6.45, 7) is 0.0203. The van der Waals surface area contributed by atoms with Crippen LogP contribution in [0.25, 0.3) is 10.9 Å². The molecule has 0 aliphatic heterocycles. The summed E-state index contributed by atoms with van der Waals surface area (Å²) in [5.74, 6) is 0.220. The number of H-pyrrole nitrogens is 1. The molecule has 0 spiro atoms. The molecule has 244 valence electrons. The van der Waals surface area contributed by atoms with Crippen molar-refractivity contribution >= 4 is 17.0 Å². The molecular formula is C35H32F3N3O6. The molecule has 0 saturated carbocycles. The number of carbonyl (C=O) groups is 1. The Morgan fingerprint density at radius 3 is 2.43 bits per heavy atom. The lowest BCUT2D eigenvalue weighted by molar-refractivity contribution is -0.138. The van der Waals surface area contributed by atoms with E-state index in [9.17, 15) is 38.1 Å². The lowest BCUT2D eigenvalue weighted by atomic mass is 9.98. The highest BCUT2D eigenvalue weighted by molar-refractivity contribution is 5.87. The molecule has 12 heteroatoms. The molecule has 1 amide bonds. The first-order valence-corrected chi connectivity index (χ1v) is 14.7. The quantitative estimate of drug-likeness (QED) is 0.0905. The van der Waals surface area contributed by atoms with Gasteiger partial charge in [-0.15, -0.1) is 0 Å². The van der Waals surface area contributed by atoms with E-state index < -0.39 is 35.5 Å². The third kappa shape index (κ3) is 8.29. The number of aliphatic hydroxyl groups is 1. The average molecular weight is 648 g/mol. The molecule has 0 bridgehead atoms. The lowest BCUT2D eigenvalue weighted by Gasteiger charge is -2.19. The summed E-state index contributed by atoms with van der Waals surface area (Å²) in [6, 6.07) is 24.7. The molecule has 0 radical (unpaired) electrons. The summed E-state index contributed by atoms with van der Waals surface area (Å²) in [5.41, 5.74) is 1.12. The first kappa shape index (κ1) is 33.0. The van der Waals surface area contributed by atoms with Crippen LogP contribution >= 0.6 is 0 Å². The molecule has 9 nitrogen and oxygen atoms in total. The number of aliphatic hydroxyl groups excluding tert-OH is 1. The fraction of sp³-hybridized carbons (Fsp3) is 0.200. The van der Waals surface area contributed by atoms with Gasteiger partial charge >= 0.3 is 12.3 Å². The number of benzene rings is 4. The number of rotatable bonds is 12. The van der Waals surface area contributed by atoms with Crippen molar-refractivity contribution < 1.29 is 38.0 Å². The molecule has 0 fully saturated rings. The number of carboxylic acid groups (broad SMARTS) is 1. The van der Waals surface area contributed by atoms with Gasteiger partial charge in [0.05, 0.1) is 23.2 Å². The monoisotopic (exact) mass is 647 g/mol. The van der Waals surface area contributed by atoms with Gasteiger partial charge in [0.15, 0.2) is 0 Å². The van der Waals surface area contributed by atoms with E-state index in [0.717, 1.165) is 6.07 Å². The maximum Gasteiger partial charge on any atom is 0.416 e. The molecule has 0 aliphatic rings. The number of amides is 1. The van der Waals surface area contributed by atoms with Gasteiger partial charge in [-0.3, -0.25) is 4.79 Å². The highest BCUT2D eigenvalue weighted by Crippen LogP contribution is 2.34. The van der Waals surface area contributed by atoms with Crippen molar-refractivity contribution in [3.63, 3.8) is 0 Å². The van der Waals surface area contributed by atoms with Crippen LogP contribution in [-0.4, -0.2) is 39.5 Å². The van der Waals surface area contributed by atoms with E-state index in [0.29, 0.717) is 33.4 Å². The normalized spacial score (nSPS) is 12.9. The van der Waals surface area contributed by atoms with Crippen molar-refractivity contribution in [2.75, 3.05) is 13.1 Å². The molecule has 6 N–H and O–H groups in total. The lowest BCUT2D eigenvalue weighted by Crippen LogP contribution is -2.27. The number of hydrogen-bond donors (Lipinski definition) is 6. The van der Waals surface area contributed by atoms with Gasteiger partial charge in [-0.05, 0) is 71.1 Å². The van der Waals surface area contributed by atoms with Gasteiger partial charge < -0.3 is 35.7 Å². The molecule has 1 heterocycles. The molecule has 0 saturated heterocycles. The second-order valence-corrected chi connectivity index (χ2v) is 10.9. The number of phenolic OH excluding ortho intramolecular Hbond substituents is 1. The fourth-order valence-corrected chi connectivity index (χ4v) is 5.40. The standard InChI is InChI=1S/C35H32F3N3O6/c36-35(37,38)28-17-21(20-47-25-8-4-7-24(18-25)32(41-34(45)46)23-5-2-1-3-6-23)9-10-22(28)15-16-39-19-30(43)26-11-13-29(42)33-27(26)12-14-31(44)40-33/h1-14,17-18,30,32,39,41-43H,15-16,19-20H2,(H,40,44)(H,45,46)/t30?,32-/m0/s1. The number of halogens is 3. The van der Waals surface area contributed by atoms with Gasteiger partial charge in [0.25, 0.3) is 0 Å². The van der Waals surface area contributed by atoms with Crippen LogP contribution in [0.3, 0.4) is 0 Å². The number of hydrogen-bond acceptors (Lipinski definition) is 6. The van der Waals surface area contributed by atoms with Crippen LogP contribution < -0.4 is 20.9 Å². The summed E-state index contributed by atoms with van der Waals surface area (Å²) in [4.78, 5) is 25.6. The van der Waals surface area contributed by atoms with Crippen LogP contribution in [0.5, 0.6) is 11.5 Å². The molecule has 4 aromatic carbocycles. The zero-order valence-electron chi connectivity index (χ0n) is 24.9. The Hall–Kier alpha value is -5.33. The van der Waals surface area contributed by atoms with E-state index >= 15 is 0 Å². The van der Waals surface area contributed by atoms with Gasteiger partial charge in [-0.1, -0.05) is 60.7 Å². The molecule has 5 aromatic rings. The Morgan fingerprint density at radius 2 is 1.68 bits per heavy atom. The Labute approximate surface area is 267 Å². The van der Waals surface area contributed by atoms with Crippen molar-refractivity contribution in [2.24, 2.45) is 0 Å². The number of ether oxygens (including phenoxy) is 1. The number of alkyl halides is 3. The van der Waals surface area contributed by atoms with Crippen LogP contribution in [0.15, 0.2) is 102 Å². The van der Waals surface area contributed by atoms with Gasteiger partial charge in [-0.2, -0.15) is 13.2 Å². The van der Waals surface area contributed by atoms with Gasteiger partial charge in [-0.25, -0.2) is 4.79 Å². The molecule has 1 unspecified atom stereocenters. The predicted octanol–water partition coefficient (Wildman–Crippen LogP) is 6.05. The summed E-state index contributed by atoms with van der Waals surface area (Å²) in [5, 5.41) is 36.1. The Morgan fingerprint density at radius 1 is 0.915 bits per heavy atom. The summed E-state index contributed by atoms with van der Waals surface area (Å²) in [6.07, 6.45) is -6.84. The minimum atomic E-state index is -4.61. The molecule has 5 rings (SSSR count). The largest absolute Gasteiger partial charge is 0.506 e. The van der Waals surface area contributed by atoms with E-state index in [1.54, 1.807) is 54.6 Å². The first-order valence-electron chi connectivity index (χ1n) is 14.7. The highest BCUT2D eigenvalue weighted by Gasteiger charge is 2.33. The third-order valence-electron chi connectivity index (χ3n) is 7.65. The second kappa shape index (κ2) is 14.4. The number of aromatic hydroxyl groups is 1. The van der Waals surface area contributed by atoms with Gasteiger partial charge in [0.2, 0.25) is 5.56 Å². The molecule has 1 aromatic heterocycles. The SMILES string of the molecule is O=C(O)N[C@@H](c1ccccc1)c1cccc(OCc2ccc(CCNCC(O)c3ccc(O)c4[nH]c(=O)ccc34)c(C(F)(F)F)c2)c1. The van der Waals surface area contributed by atoms with Crippen molar-refractivity contribution in [3.05, 3.63) is 141 Å². The summed E-state index contributed by atoms with van der Waals surface area (Å²) in [7, 11) is 0. The van der Waals surface area contributed by atoms with Gasteiger partial charge in [0.1, 0.15) is 18.1 Å². The number of phenols is 1. The zero-order chi connectivity index (χ0) is 33.6. The number of nitrogens with one attached hydrogen (secondary N) is 3. The van der Waals surface area contributed by atoms with E-state index in [1.165, 1.54) is 30.3 Å². The van der Waals surface area contributed by atoms with Crippen LogP contribution in [0.1, 0.15) is 45.5 Å². The predicted molar refractivity (Wildman–Crippen MR) is 169 cm³/mol. The third-order valence-corrected chi connectivity index (χ3v) is 7.65. The maximum atomic E-state index is 14.1. The Bertz CT molecular complexity index is 1910. The number of fused-ring (bicyclic) bond motifs is 1. The summed E-state index contributed by atoms with van der Waals surface area (Å²) >= 11 is 0. The second-order valence-electron chi connectivity index (χ2n) is 10.9.